The van der Waals surface area contributed by atoms with E-state index in [-0.39, 0.29) is 0 Å². The van der Waals surface area contributed by atoms with Gasteiger partial charge >= 0.3 is 0 Å². The van der Waals surface area contributed by atoms with Crippen molar-refractivity contribution in [2.75, 3.05) is 25.6 Å². The Morgan fingerprint density at radius 3 is 2.74 bits per heavy atom. The topological polar surface area (TPSA) is 47.0 Å². The molecule has 0 saturated carbocycles. The molecule has 2 rings (SSSR count). The van der Waals surface area contributed by atoms with Crippen LogP contribution in [0.5, 0.6) is 0 Å². The highest BCUT2D eigenvalue weighted by molar-refractivity contribution is 5.89. The first-order chi connectivity index (χ1) is 9.22. The Bertz CT molecular complexity index is 540. The van der Waals surface area contributed by atoms with Gasteiger partial charge in [-0.05, 0) is 18.6 Å². The number of nitrogens with one attached hydrogen (secondary N) is 1. The van der Waals surface area contributed by atoms with Crippen molar-refractivity contribution in [1.82, 2.24) is 9.97 Å². The third kappa shape index (κ3) is 3.41. The fourth-order valence-corrected chi connectivity index (χ4v) is 1.91. The summed E-state index contributed by atoms with van der Waals surface area (Å²) >= 11 is 0. The van der Waals surface area contributed by atoms with Gasteiger partial charge in [-0.1, -0.05) is 26.0 Å². The van der Waals surface area contributed by atoms with E-state index in [0.29, 0.717) is 5.92 Å². The smallest absolute Gasteiger partial charge is 0.137 e. The average Bonchev–Trinajstić information content (AvgIpc) is 2.43. The second kappa shape index (κ2) is 6.48. The SMILES string of the molecule is COCCCNc1nc(C(C)C)nc2ccccc12. The molecule has 0 saturated heterocycles. The van der Waals surface area contributed by atoms with E-state index >= 15 is 0 Å². The maximum absolute atomic E-state index is 5.06. The zero-order valence-corrected chi connectivity index (χ0v) is 11.8. The largest absolute Gasteiger partial charge is 0.385 e. The van der Waals surface area contributed by atoms with Crippen LogP contribution in [0, 0.1) is 0 Å². The van der Waals surface area contributed by atoms with E-state index in [1.807, 2.05) is 18.2 Å². The number of hydrogen-bond acceptors (Lipinski definition) is 4. The van der Waals surface area contributed by atoms with Crippen LogP contribution in [0.15, 0.2) is 24.3 Å². The molecule has 0 bridgehead atoms. The van der Waals surface area contributed by atoms with E-state index in [2.05, 4.69) is 35.2 Å². The lowest BCUT2D eigenvalue weighted by Gasteiger charge is -2.12. The lowest BCUT2D eigenvalue weighted by atomic mass is 10.1. The Balaban J connectivity index is 2.28. The minimum atomic E-state index is 0.323. The van der Waals surface area contributed by atoms with Crippen LogP contribution in [0.3, 0.4) is 0 Å². The number of anilines is 1. The third-order valence-corrected chi connectivity index (χ3v) is 2.95. The summed E-state index contributed by atoms with van der Waals surface area (Å²) < 4.78 is 5.06. The van der Waals surface area contributed by atoms with Gasteiger partial charge in [0.15, 0.2) is 0 Å². The van der Waals surface area contributed by atoms with Crippen molar-refractivity contribution in [2.24, 2.45) is 0 Å². The molecule has 0 radical (unpaired) electrons. The second-order valence-electron chi connectivity index (χ2n) is 4.88. The number of para-hydroxylation sites is 1. The first-order valence-corrected chi connectivity index (χ1v) is 6.72. The Kier molecular flexibility index (Phi) is 4.68. The lowest BCUT2D eigenvalue weighted by Crippen LogP contribution is -2.09. The molecule has 0 unspecified atom stereocenters. The zero-order valence-electron chi connectivity index (χ0n) is 11.8. The molecule has 1 N–H and O–H groups in total. The fraction of sp³-hybridized carbons (Fsp3) is 0.467. The number of aromatic nitrogens is 2. The first kappa shape index (κ1) is 13.7. The van der Waals surface area contributed by atoms with Crippen molar-refractivity contribution in [3.63, 3.8) is 0 Å². The molecule has 0 aliphatic carbocycles. The number of methoxy groups -OCH3 is 1. The molecule has 1 heterocycles. The van der Waals surface area contributed by atoms with Crippen LogP contribution in [0.2, 0.25) is 0 Å². The van der Waals surface area contributed by atoms with E-state index in [1.165, 1.54) is 0 Å². The number of benzene rings is 1. The molecule has 0 fully saturated rings. The highest BCUT2D eigenvalue weighted by Gasteiger charge is 2.09. The molecule has 0 spiro atoms. The van der Waals surface area contributed by atoms with Gasteiger partial charge in [-0.3, -0.25) is 0 Å². The Morgan fingerprint density at radius 2 is 2.00 bits per heavy atom. The van der Waals surface area contributed by atoms with Crippen LogP contribution < -0.4 is 5.32 Å². The maximum atomic E-state index is 5.06. The van der Waals surface area contributed by atoms with Crippen molar-refractivity contribution in [2.45, 2.75) is 26.2 Å². The van der Waals surface area contributed by atoms with Gasteiger partial charge in [-0.25, -0.2) is 9.97 Å². The molecule has 2 aromatic rings. The monoisotopic (exact) mass is 259 g/mol. The van der Waals surface area contributed by atoms with Crippen LogP contribution in [-0.2, 0) is 4.74 Å². The summed E-state index contributed by atoms with van der Waals surface area (Å²) in [5.41, 5.74) is 0.996. The predicted octanol–water partition coefficient (Wildman–Crippen LogP) is 3.20. The Morgan fingerprint density at radius 1 is 1.21 bits per heavy atom. The summed E-state index contributed by atoms with van der Waals surface area (Å²) in [7, 11) is 1.72. The molecule has 4 heteroatoms. The molecular weight excluding hydrogens is 238 g/mol. The molecule has 0 aliphatic heterocycles. The fourth-order valence-electron chi connectivity index (χ4n) is 1.91. The van der Waals surface area contributed by atoms with E-state index in [9.17, 15) is 0 Å². The van der Waals surface area contributed by atoms with Crippen molar-refractivity contribution in [3.8, 4) is 0 Å². The summed E-state index contributed by atoms with van der Waals surface area (Å²) in [6.45, 7) is 5.83. The summed E-state index contributed by atoms with van der Waals surface area (Å²) in [6.07, 6.45) is 0.964. The van der Waals surface area contributed by atoms with Crippen molar-refractivity contribution >= 4 is 16.7 Å². The van der Waals surface area contributed by atoms with Gasteiger partial charge in [0, 0.05) is 31.6 Å². The van der Waals surface area contributed by atoms with Gasteiger partial charge in [-0.2, -0.15) is 0 Å². The number of ether oxygens (including phenoxy) is 1. The molecule has 0 amide bonds. The molecule has 4 nitrogen and oxygen atoms in total. The minimum Gasteiger partial charge on any atom is -0.385 e. The standard InChI is InChI=1S/C15H21N3O/c1-11(2)14-17-13-8-5-4-7-12(13)15(18-14)16-9-6-10-19-3/h4-5,7-8,11H,6,9-10H2,1-3H3,(H,16,17,18). The summed E-state index contributed by atoms with van der Waals surface area (Å²) in [5, 5.41) is 4.46. The third-order valence-electron chi connectivity index (χ3n) is 2.95. The van der Waals surface area contributed by atoms with Crippen LogP contribution >= 0.6 is 0 Å². The van der Waals surface area contributed by atoms with Gasteiger partial charge in [0.05, 0.1) is 5.52 Å². The summed E-state index contributed by atoms with van der Waals surface area (Å²) in [5.74, 6) is 2.13. The van der Waals surface area contributed by atoms with E-state index in [0.717, 1.165) is 42.1 Å². The summed E-state index contributed by atoms with van der Waals surface area (Å²) in [4.78, 5) is 9.24. The quantitative estimate of drug-likeness (QED) is 0.809. The molecule has 102 valence electrons. The highest BCUT2D eigenvalue weighted by atomic mass is 16.5. The zero-order chi connectivity index (χ0) is 13.7. The number of fused-ring (bicyclic) bond motifs is 1. The van der Waals surface area contributed by atoms with Crippen LogP contribution in [0.25, 0.3) is 10.9 Å². The molecule has 1 aromatic heterocycles. The van der Waals surface area contributed by atoms with E-state index in [1.54, 1.807) is 7.11 Å². The Hall–Kier alpha value is -1.68. The molecule has 0 aliphatic rings. The number of rotatable bonds is 6. The molecule has 0 atom stereocenters. The first-order valence-electron chi connectivity index (χ1n) is 6.72. The van der Waals surface area contributed by atoms with Crippen LogP contribution in [0.1, 0.15) is 32.0 Å². The molecule has 19 heavy (non-hydrogen) atoms. The number of nitrogens with zero attached hydrogens (tertiary/aromatic N) is 2. The number of hydrogen-bond donors (Lipinski definition) is 1. The van der Waals surface area contributed by atoms with Crippen LogP contribution in [-0.4, -0.2) is 30.2 Å². The predicted molar refractivity (Wildman–Crippen MR) is 78.6 cm³/mol. The minimum absolute atomic E-state index is 0.323. The van der Waals surface area contributed by atoms with E-state index in [4.69, 9.17) is 4.74 Å². The normalized spacial score (nSPS) is 11.2. The van der Waals surface area contributed by atoms with Gasteiger partial charge in [-0.15, -0.1) is 0 Å². The van der Waals surface area contributed by atoms with Crippen molar-refractivity contribution in [3.05, 3.63) is 30.1 Å². The molecule has 1 aromatic carbocycles. The van der Waals surface area contributed by atoms with Gasteiger partial charge in [0.2, 0.25) is 0 Å². The van der Waals surface area contributed by atoms with Crippen LogP contribution in [0.4, 0.5) is 5.82 Å². The van der Waals surface area contributed by atoms with Gasteiger partial charge in [0.25, 0.3) is 0 Å². The van der Waals surface area contributed by atoms with E-state index < -0.39 is 0 Å². The molecular formula is C15H21N3O. The summed E-state index contributed by atoms with van der Waals surface area (Å²) in [6, 6.07) is 8.11. The van der Waals surface area contributed by atoms with Crippen molar-refractivity contribution < 1.29 is 4.74 Å². The maximum Gasteiger partial charge on any atom is 0.137 e. The second-order valence-corrected chi connectivity index (χ2v) is 4.88. The van der Waals surface area contributed by atoms with Gasteiger partial charge in [0.1, 0.15) is 11.6 Å². The lowest BCUT2D eigenvalue weighted by molar-refractivity contribution is 0.198. The highest BCUT2D eigenvalue weighted by Crippen LogP contribution is 2.22. The Labute approximate surface area is 114 Å². The van der Waals surface area contributed by atoms with Gasteiger partial charge < -0.3 is 10.1 Å². The average molecular weight is 259 g/mol. The van der Waals surface area contributed by atoms with Crippen molar-refractivity contribution in [1.29, 1.82) is 0 Å².